The van der Waals surface area contributed by atoms with Gasteiger partial charge >= 0.3 is 0 Å². The first-order valence-corrected chi connectivity index (χ1v) is 6.34. The van der Waals surface area contributed by atoms with Gasteiger partial charge in [-0.15, -0.1) is 0 Å². The van der Waals surface area contributed by atoms with Gasteiger partial charge in [0.05, 0.1) is 6.07 Å². The topological polar surface area (TPSA) is 96.0 Å². The van der Waals surface area contributed by atoms with Crippen molar-refractivity contribution in [1.82, 2.24) is 10.3 Å². The number of amides is 1. The minimum Gasteiger partial charge on any atom is -0.451 e. The fourth-order valence-corrected chi connectivity index (χ4v) is 2.25. The molecule has 0 radical (unpaired) electrons. The van der Waals surface area contributed by atoms with E-state index in [1.165, 1.54) is 6.42 Å². The van der Waals surface area contributed by atoms with Gasteiger partial charge in [-0.1, -0.05) is 19.3 Å². The number of nitrogens with zero attached hydrogens (tertiary/aromatic N) is 2. The van der Waals surface area contributed by atoms with Crippen LogP contribution >= 0.6 is 0 Å². The molecule has 100 valence electrons. The number of hydrogen-bond donors (Lipinski definition) is 1. The van der Waals surface area contributed by atoms with E-state index < -0.39 is 17.6 Å². The summed E-state index contributed by atoms with van der Waals surface area (Å²) < 4.78 is 4.69. The molecule has 1 aromatic rings. The molecule has 0 unspecified atom stereocenters. The van der Waals surface area contributed by atoms with E-state index in [2.05, 4.69) is 14.7 Å². The van der Waals surface area contributed by atoms with Crippen LogP contribution in [0.4, 0.5) is 0 Å². The number of ketones is 1. The normalized spacial score (nSPS) is 17.4. The second-order valence-corrected chi connectivity index (χ2v) is 4.64. The molecule has 0 aliphatic heterocycles. The predicted molar refractivity (Wildman–Crippen MR) is 65.0 cm³/mol. The lowest BCUT2D eigenvalue weighted by atomic mass is 9.94. The molecule has 1 N–H and O–H groups in total. The van der Waals surface area contributed by atoms with Crippen molar-refractivity contribution in [3.05, 3.63) is 18.4 Å². The average molecular weight is 261 g/mol. The molecule has 1 saturated carbocycles. The third-order valence-corrected chi connectivity index (χ3v) is 3.29. The molecular weight excluding hydrogens is 246 g/mol. The number of nitriles is 1. The van der Waals surface area contributed by atoms with Crippen molar-refractivity contribution in [3.8, 4) is 6.07 Å². The van der Waals surface area contributed by atoms with Gasteiger partial charge in [0.2, 0.25) is 11.7 Å². The van der Waals surface area contributed by atoms with Crippen molar-refractivity contribution in [2.75, 3.05) is 0 Å². The third kappa shape index (κ3) is 3.19. The van der Waals surface area contributed by atoms with E-state index in [1.807, 2.05) is 0 Å². The molecule has 19 heavy (non-hydrogen) atoms. The molecule has 0 aromatic carbocycles. The Labute approximate surface area is 110 Å². The summed E-state index contributed by atoms with van der Waals surface area (Å²) in [6, 6.07) is 1.81. The number of oxazole rings is 1. The average Bonchev–Trinajstić information content (AvgIpc) is 2.94. The lowest BCUT2D eigenvalue weighted by Gasteiger charge is -2.23. The van der Waals surface area contributed by atoms with Gasteiger partial charge in [0.1, 0.15) is 12.0 Å². The molecule has 0 saturated heterocycles. The molecule has 2 rings (SSSR count). The van der Waals surface area contributed by atoms with E-state index in [-0.39, 0.29) is 11.7 Å². The van der Waals surface area contributed by atoms with E-state index in [0.29, 0.717) is 0 Å². The van der Waals surface area contributed by atoms with E-state index in [0.717, 1.165) is 38.3 Å². The number of carbonyl (C=O) groups excluding carboxylic acids is 2. The van der Waals surface area contributed by atoms with Crippen molar-refractivity contribution in [2.24, 2.45) is 5.92 Å². The van der Waals surface area contributed by atoms with Crippen LogP contribution < -0.4 is 5.32 Å². The molecule has 1 heterocycles. The number of rotatable bonds is 4. The Bertz CT molecular complexity index is 484. The maximum absolute atomic E-state index is 12.0. The van der Waals surface area contributed by atoms with Crippen LogP contribution in [0.5, 0.6) is 0 Å². The smallest absolute Gasteiger partial charge is 0.245 e. The van der Waals surface area contributed by atoms with E-state index in [4.69, 9.17) is 5.26 Å². The van der Waals surface area contributed by atoms with Crippen LogP contribution in [0.1, 0.15) is 42.6 Å². The highest BCUT2D eigenvalue weighted by Crippen LogP contribution is 2.18. The maximum atomic E-state index is 12.0. The Morgan fingerprint density at radius 3 is 2.74 bits per heavy atom. The van der Waals surface area contributed by atoms with Gasteiger partial charge in [-0.3, -0.25) is 9.59 Å². The molecule has 6 nitrogen and oxygen atoms in total. The summed E-state index contributed by atoms with van der Waals surface area (Å²) in [7, 11) is 0. The highest BCUT2D eigenvalue weighted by Gasteiger charge is 2.30. The number of Topliss-reactive ketones (excluding diaryl/α,β-unsaturated/α-hetero) is 1. The molecule has 0 spiro atoms. The molecule has 6 heteroatoms. The summed E-state index contributed by atoms with van der Waals surface area (Å²) in [5.41, 5.74) is 0.00495. The van der Waals surface area contributed by atoms with Gasteiger partial charge in [-0.2, -0.15) is 5.26 Å². The van der Waals surface area contributed by atoms with Gasteiger partial charge in [-0.25, -0.2) is 4.98 Å². The zero-order valence-electron chi connectivity index (χ0n) is 10.5. The van der Waals surface area contributed by atoms with Crippen LogP contribution in [-0.2, 0) is 4.79 Å². The predicted octanol–water partition coefficient (Wildman–Crippen LogP) is 1.45. The van der Waals surface area contributed by atoms with E-state index in [9.17, 15) is 9.59 Å². The minimum atomic E-state index is -1.35. The Kier molecular flexibility index (Phi) is 4.29. The van der Waals surface area contributed by atoms with E-state index >= 15 is 0 Å². The lowest BCUT2D eigenvalue weighted by Crippen LogP contribution is -2.42. The second kappa shape index (κ2) is 6.14. The van der Waals surface area contributed by atoms with Crippen LogP contribution in [-0.4, -0.2) is 22.7 Å². The maximum Gasteiger partial charge on any atom is 0.245 e. The summed E-state index contributed by atoms with van der Waals surface area (Å²) in [4.78, 5) is 27.5. The summed E-state index contributed by atoms with van der Waals surface area (Å²) in [6.45, 7) is 0. The fourth-order valence-electron chi connectivity index (χ4n) is 2.25. The summed E-state index contributed by atoms with van der Waals surface area (Å²) >= 11 is 0. The summed E-state index contributed by atoms with van der Waals surface area (Å²) in [6.07, 6.45) is 7.36. The number of aromatic nitrogens is 1. The van der Waals surface area contributed by atoms with Gasteiger partial charge in [0, 0.05) is 6.04 Å². The molecule has 0 bridgehead atoms. The monoisotopic (exact) mass is 261 g/mol. The Balaban J connectivity index is 1.99. The zero-order valence-corrected chi connectivity index (χ0v) is 10.5. The van der Waals surface area contributed by atoms with Crippen LogP contribution in [0.2, 0.25) is 0 Å². The number of carbonyl (C=O) groups is 2. The fraction of sp³-hybridized carbons (Fsp3) is 0.538. The molecule has 1 aromatic heterocycles. The Morgan fingerprint density at radius 2 is 2.16 bits per heavy atom. The van der Waals surface area contributed by atoms with Crippen LogP contribution in [0.15, 0.2) is 17.1 Å². The number of hydrogen-bond acceptors (Lipinski definition) is 5. The lowest BCUT2D eigenvalue weighted by molar-refractivity contribution is -0.123. The van der Waals surface area contributed by atoms with Crippen LogP contribution in [0, 0.1) is 17.2 Å². The molecule has 1 fully saturated rings. The van der Waals surface area contributed by atoms with Crippen LogP contribution in [0.3, 0.4) is 0 Å². The van der Waals surface area contributed by atoms with Crippen molar-refractivity contribution in [2.45, 2.75) is 38.1 Å². The molecule has 1 atom stereocenters. The first-order chi connectivity index (χ1) is 9.22. The molecule has 1 aliphatic rings. The molecule has 1 amide bonds. The zero-order chi connectivity index (χ0) is 13.7. The molecule has 1 aliphatic carbocycles. The minimum absolute atomic E-state index is 0.00495. The van der Waals surface area contributed by atoms with Crippen molar-refractivity contribution in [1.29, 1.82) is 5.26 Å². The number of nitrogens with one attached hydrogen (secondary N) is 1. The largest absolute Gasteiger partial charge is 0.451 e. The first-order valence-electron chi connectivity index (χ1n) is 6.34. The SMILES string of the molecule is N#C[C@H](C(=O)NC1CCCCC1)C(=O)c1cocn1. The second-order valence-electron chi connectivity index (χ2n) is 4.64. The van der Waals surface area contributed by atoms with E-state index in [1.54, 1.807) is 6.07 Å². The third-order valence-electron chi connectivity index (χ3n) is 3.29. The van der Waals surface area contributed by atoms with Crippen LogP contribution in [0.25, 0.3) is 0 Å². The Hall–Kier alpha value is -2.16. The standard InChI is InChI=1S/C13H15N3O3/c14-6-10(12(17)11-7-19-8-15-11)13(18)16-9-4-2-1-3-5-9/h7-10H,1-5H2,(H,16,18)/t10-/m0/s1. The van der Waals surface area contributed by atoms with Crippen molar-refractivity contribution >= 4 is 11.7 Å². The van der Waals surface area contributed by atoms with Crippen molar-refractivity contribution < 1.29 is 14.0 Å². The van der Waals surface area contributed by atoms with Gasteiger partial charge in [0.15, 0.2) is 12.3 Å². The van der Waals surface area contributed by atoms with Gasteiger partial charge in [-0.05, 0) is 12.8 Å². The first kappa shape index (κ1) is 13.3. The van der Waals surface area contributed by atoms with Gasteiger partial charge in [0.25, 0.3) is 0 Å². The summed E-state index contributed by atoms with van der Waals surface area (Å²) in [5.74, 6) is -2.51. The van der Waals surface area contributed by atoms with Crippen molar-refractivity contribution in [3.63, 3.8) is 0 Å². The summed E-state index contributed by atoms with van der Waals surface area (Å²) in [5, 5.41) is 11.8. The Morgan fingerprint density at radius 1 is 1.42 bits per heavy atom. The van der Waals surface area contributed by atoms with Gasteiger partial charge < -0.3 is 9.73 Å². The quantitative estimate of drug-likeness (QED) is 0.653. The highest BCUT2D eigenvalue weighted by molar-refractivity contribution is 6.11. The molecular formula is C13H15N3O3. The highest BCUT2D eigenvalue weighted by atomic mass is 16.3.